The summed E-state index contributed by atoms with van der Waals surface area (Å²) in [5.41, 5.74) is 0. The second-order valence-electron chi connectivity index (χ2n) is 4.54. The van der Waals surface area contributed by atoms with Crippen LogP contribution in [0.4, 0.5) is 0 Å². The minimum atomic E-state index is -0.496. The van der Waals surface area contributed by atoms with Gasteiger partial charge in [-0.1, -0.05) is 0 Å². The van der Waals surface area contributed by atoms with Crippen LogP contribution in [0.15, 0.2) is 0 Å². The highest BCUT2D eigenvalue weighted by Gasteiger charge is 2.23. The molecule has 6 heteroatoms. The van der Waals surface area contributed by atoms with Gasteiger partial charge in [-0.15, -0.1) is 0 Å². The fourth-order valence-corrected chi connectivity index (χ4v) is 1.91. The first kappa shape index (κ1) is 14.9. The smallest absolute Gasteiger partial charge is 0.242 e. The topological polar surface area (TPSA) is 79.5 Å². The zero-order valence-corrected chi connectivity index (χ0v) is 11.1. The van der Waals surface area contributed by atoms with E-state index in [9.17, 15) is 9.59 Å². The molecular weight excluding hydrogens is 234 g/mol. The first-order valence-electron chi connectivity index (χ1n) is 6.43. The third kappa shape index (κ3) is 5.01. The van der Waals surface area contributed by atoms with E-state index in [1.807, 2.05) is 0 Å². The Morgan fingerprint density at radius 1 is 1.39 bits per heavy atom. The van der Waals surface area contributed by atoms with Gasteiger partial charge in [0.2, 0.25) is 11.8 Å². The second-order valence-corrected chi connectivity index (χ2v) is 4.54. The number of ether oxygens (including phenoxy) is 1. The van der Waals surface area contributed by atoms with Gasteiger partial charge >= 0.3 is 0 Å². The Labute approximate surface area is 108 Å². The van der Waals surface area contributed by atoms with Gasteiger partial charge in [0.1, 0.15) is 6.04 Å². The van der Waals surface area contributed by atoms with E-state index >= 15 is 0 Å². The van der Waals surface area contributed by atoms with Gasteiger partial charge in [-0.3, -0.25) is 9.59 Å². The summed E-state index contributed by atoms with van der Waals surface area (Å²) in [4.78, 5) is 23.5. The Morgan fingerprint density at radius 2 is 2.06 bits per heavy atom. The summed E-state index contributed by atoms with van der Waals surface area (Å²) < 4.78 is 4.84. The molecule has 0 aromatic heterocycles. The fraction of sp³-hybridized carbons (Fsp3) is 0.833. The van der Waals surface area contributed by atoms with E-state index in [-0.39, 0.29) is 17.7 Å². The van der Waals surface area contributed by atoms with Crippen LogP contribution < -0.4 is 16.0 Å². The predicted octanol–water partition coefficient (Wildman–Crippen LogP) is -0.747. The van der Waals surface area contributed by atoms with Crippen LogP contribution in [0.2, 0.25) is 0 Å². The number of hydrogen-bond acceptors (Lipinski definition) is 4. The van der Waals surface area contributed by atoms with Crippen molar-refractivity contribution in [1.29, 1.82) is 0 Å². The van der Waals surface area contributed by atoms with E-state index in [1.54, 1.807) is 14.0 Å². The molecule has 1 rings (SSSR count). The number of hydrogen-bond donors (Lipinski definition) is 3. The molecule has 1 aliphatic rings. The summed E-state index contributed by atoms with van der Waals surface area (Å²) in [6.07, 6.45) is 1.67. The molecule has 104 valence electrons. The highest BCUT2D eigenvalue weighted by atomic mass is 16.5. The Balaban J connectivity index is 2.27. The normalized spacial score (nSPS) is 18.1. The number of rotatable bonds is 6. The van der Waals surface area contributed by atoms with Gasteiger partial charge in [-0.25, -0.2) is 0 Å². The van der Waals surface area contributed by atoms with Crippen molar-refractivity contribution in [2.45, 2.75) is 25.8 Å². The third-order valence-corrected chi connectivity index (χ3v) is 3.07. The molecule has 0 aliphatic carbocycles. The number of piperidine rings is 1. The van der Waals surface area contributed by atoms with Crippen LogP contribution in [0.3, 0.4) is 0 Å². The van der Waals surface area contributed by atoms with Crippen LogP contribution in [-0.4, -0.2) is 51.2 Å². The van der Waals surface area contributed by atoms with Crippen molar-refractivity contribution in [1.82, 2.24) is 16.0 Å². The van der Waals surface area contributed by atoms with Crippen molar-refractivity contribution >= 4 is 11.8 Å². The van der Waals surface area contributed by atoms with Gasteiger partial charge in [0.05, 0.1) is 6.61 Å². The molecule has 1 unspecified atom stereocenters. The Hall–Kier alpha value is -1.14. The number of methoxy groups -OCH3 is 1. The summed E-state index contributed by atoms with van der Waals surface area (Å²) in [6.45, 7) is 4.36. The van der Waals surface area contributed by atoms with Gasteiger partial charge in [0.25, 0.3) is 0 Å². The molecule has 0 bridgehead atoms. The van der Waals surface area contributed by atoms with Gasteiger partial charge in [0, 0.05) is 19.6 Å². The van der Waals surface area contributed by atoms with E-state index in [4.69, 9.17) is 4.74 Å². The van der Waals surface area contributed by atoms with Crippen LogP contribution in [0.5, 0.6) is 0 Å². The molecular formula is C12H23N3O3. The van der Waals surface area contributed by atoms with Crippen LogP contribution >= 0.6 is 0 Å². The number of amides is 2. The number of nitrogens with one attached hydrogen (secondary N) is 3. The fourth-order valence-electron chi connectivity index (χ4n) is 1.91. The molecule has 2 amide bonds. The van der Waals surface area contributed by atoms with E-state index in [1.165, 1.54) is 0 Å². The highest BCUT2D eigenvalue weighted by molar-refractivity contribution is 5.88. The lowest BCUT2D eigenvalue weighted by molar-refractivity contribution is -0.131. The molecule has 0 spiro atoms. The summed E-state index contributed by atoms with van der Waals surface area (Å²) >= 11 is 0. The van der Waals surface area contributed by atoms with Gasteiger partial charge in [-0.05, 0) is 32.9 Å². The molecule has 1 atom stereocenters. The van der Waals surface area contributed by atoms with E-state index in [0.717, 1.165) is 25.9 Å². The van der Waals surface area contributed by atoms with Crippen molar-refractivity contribution < 1.29 is 14.3 Å². The minimum Gasteiger partial charge on any atom is -0.383 e. The first-order valence-corrected chi connectivity index (χ1v) is 6.43. The zero-order valence-electron chi connectivity index (χ0n) is 11.1. The minimum absolute atomic E-state index is 0.0223. The van der Waals surface area contributed by atoms with Crippen molar-refractivity contribution in [2.75, 3.05) is 33.4 Å². The standard InChI is InChI=1S/C12H23N3O3/c1-9(11(16)14-7-8-18-2)15-12(17)10-3-5-13-6-4-10/h9-10,13H,3-8H2,1-2H3,(H,14,16)(H,15,17). The lowest BCUT2D eigenvalue weighted by Gasteiger charge is -2.23. The van der Waals surface area contributed by atoms with Gasteiger partial charge in [0.15, 0.2) is 0 Å². The average Bonchev–Trinajstić information content (AvgIpc) is 2.39. The molecule has 0 aromatic rings. The molecule has 18 heavy (non-hydrogen) atoms. The first-order chi connectivity index (χ1) is 8.65. The van der Waals surface area contributed by atoms with Crippen LogP contribution in [0.1, 0.15) is 19.8 Å². The molecule has 1 fully saturated rings. The SMILES string of the molecule is COCCNC(=O)C(C)NC(=O)C1CCNCC1. The molecule has 1 aliphatic heterocycles. The zero-order chi connectivity index (χ0) is 13.4. The van der Waals surface area contributed by atoms with E-state index in [0.29, 0.717) is 13.2 Å². The van der Waals surface area contributed by atoms with Gasteiger partial charge < -0.3 is 20.7 Å². The maximum Gasteiger partial charge on any atom is 0.242 e. The summed E-state index contributed by atoms with van der Waals surface area (Å²) in [6, 6.07) is -0.496. The van der Waals surface area contributed by atoms with Crippen molar-refractivity contribution in [3.8, 4) is 0 Å². The van der Waals surface area contributed by atoms with E-state index in [2.05, 4.69) is 16.0 Å². The second kappa shape index (κ2) is 8.05. The summed E-state index contributed by atoms with van der Waals surface area (Å²) in [5.74, 6) is -0.166. The Kier molecular flexibility index (Phi) is 6.67. The highest BCUT2D eigenvalue weighted by Crippen LogP contribution is 2.11. The molecule has 0 aromatic carbocycles. The van der Waals surface area contributed by atoms with Crippen molar-refractivity contribution in [3.63, 3.8) is 0 Å². The van der Waals surface area contributed by atoms with Crippen molar-refractivity contribution in [3.05, 3.63) is 0 Å². The molecule has 1 heterocycles. The third-order valence-electron chi connectivity index (χ3n) is 3.07. The maximum atomic E-state index is 11.9. The summed E-state index contributed by atoms with van der Waals surface area (Å²) in [5, 5.41) is 8.66. The van der Waals surface area contributed by atoms with Crippen LogP contribution in [0.25, 0.3) is 0 Å². The van der Waals surface area contributed by atoms with Crippen molar-refractivity contribution in [2.24, 2.45) is 5.92 Å². The monoisotopic (exact) mass is 257 g/mol. The molecule has 0 saturated carbocycles. The Morgan fingerprint density at radius 3 is 2.67 bits per heavy atom. The molecule has 6 nitrogen and oxygen atoms in total. The number of carbonyl (C=O) groups excluding carboxylic acids is 2. The quantitative estimate of drug-likeness (QED) is 0.547. The van der Waals surface area contributed by atoms with E-state index < -0.39 is 6.04 Å². The summed E-state index contributed by atoms with van der Waals surface area (Å²) in [7, 11) is 1.58. The molecule has 1 saturated heterocycles. The predicted molar refractivity (Wildman–Crippen MR) is 68.1 cm³/mol. The largest absolute Gasteiger partial charge is 0.383 e. The Bertz CT molecular complexity index is 278. The van der Waals surface area contributed by atoms with Crippen LogP contribution in [0, 0.1) is 5.92 Å². The average molecular weight is 257 g/mol. The van der Waals surface area contributed by atoms with Crippen LogP contribution in [-0.2, 0) is 14.3 Å². The van der Waals surface area contributed by atoms with Gasteiger partial charge in [-0.2, -0.15) is 0 Å². The number of carbonyl (C=O) groups is 2. The molecule has 0 radical (unpaired) electrons. The maximum absolute atomic E-state index is 11.9. The molecule has 3 N–H and O–H groups in total. The lowest BCUT2D eigenvalue weighted by Crippen LogP contribution is -2.48. The lowest BCUT2D eigenvalue weighted by atomic mass is 9.97.